The van der Waals surface area contributed by atoms with Gasteiger partial charge in [-0.1, -0.05) is 12.8 Å². The van der Waals surface area contributed by atoms with Crippen molar-refractivity contribution in [2.75, 3.05) is 32.9 Å². The first-order valence-corrected chi connectivity index (χ1v) is 6.87. The highest BCUT2D eigenvalue weighted by molar-refractivity contribution is 4.88. The summed E-state index contributed by atoms with van der Waals surface area (Å²) in [6, 6.07) is 0.711. The fraction of sp³-hybridized carbons (Fsp3) is 1.00. The van der Waals surface area contributed by atoms with Gasteiger partial charge in [0.05, 0.1) is 19.3 Å². The van der Waals surface area contributed by atoms with Crippen molar-refractivity contribution in [2.24, 2.45) is 5.92 Å². The molecule has 3 fully saturated rings. The molecule has 3 rings (SSSR count). The van der Waals surface area contributed by atoms with Gasteiger partial charge >= 0.3 is 0 Å². The molecule has 1 aliphatic carbocycles. The zero-order valence-electron chi connectivity index (χ0n) is 10.1. The molecule has 2 aliphatic heterocycles. The zero-order chi connectivity index (χ0) is 10.8. The summed E-state index contributed by atoms with van der Waals surface area (Å²) in [7, 11) is 0. The van der Waals surface area contributed by atoms with Gasteiger partial charge < -0.3 is 9.47 Å². The average Bonchev–Trinajstić information content (AvgIpc) is 2.82. The number of fused-ring (bicyclic) bond motifs is 1. The maximum absolute atomic E-state index is 5.90. The minimum absolute atomic E-state index is 0.532. The molecular weight excluding hydrogens is 202 g/mol. The van der Waals surface area contributed by atoms with Gasteiger partial charge in [-0.05, 0) is 25.2 Å². The Bertz CT molecular complexity index is 226. The molecule has 3 heteroatoms. The minimum Gasteiger partial charge on any atom is -0.381 e. The lowest BCUT2D eigenvalue weighted by Crippen LogP contribution is -2.53. The Morgan fingerprint density at radius 2 is 2.00 bits per heavy atom. The third kappa shape index (κ3) is 2.27. The maximum Gasteiger partial charge on any atom is 0.0730 e. The van der Waals surface area contributed by atoms with Crippen molar-refractivity contribution in [3.05, 3.63) is 0 Å². The fourth-order valence-corrected chi connectivity index (χ4v) is 3.46. The van der Waals surface area contributed by atoms with Crippen molar-refractivity contribution in [1.82, 2.24) is 4.90 Å². The highest BCUT2D eigenvalue weighted by Gasteiger charge is 2.35. The number of rotatable bonds is 2. The Morgan fingerprint density at radius 1 is 1.06 bits per heavy atom. The van der Waals surface area contributed by atoms with Crippen LogP contribution in [0.5, 0.6) is 0 Å². The van der Waals surface area contributed by atoms with E-state index in [0.29, 0.717) is 12.1 Å². The van der Waals surface area contributed by atoms with E-state index in [-0.39, 0.29) is 0 Å². The molecule has 92 valence electrons. The van der Waals surface area contributed by atoms with Crippen LogP contribution >= 0.6 is 0 Å². The fourth-order valence-electron chi connectivity index (χ4n) is 3.46. The Morgan fingerprint density at radius 3 is 2.88 bits per heavy atom. The molecule has 3 atom stereocenters. The molecule has 3 unspecified atom stereocenters. The van der Waals surface area contributed by atoms with Crippen LogP contribution in [0.1, 0.15) is 32.1 Å². The second-order valence-electron chi connectivity index (χ2n) is 5.49. The number of ether oxygens (including phenoxy) is 2. The van der Waals surface area contributed by atoms with Gasteiger partial charge in [0.1, 0.15) is 0 Å². The molecule has 0 aromatic rings. The Hall–Kier alpha value is -0.120. The molecule has 0 radical (unpaired) electrons. The molecule has 0 aromatic heterocycles. The van der Waals surface area contributed by atoms with E-state index in [4.69, 9.17) is 9.47 Å². The second-order valence-corrected chi connectivity index (χ2v) is 5.49. The Balaban J connectivity index is 1.59. The van der Waals surface area contributed by atoms with E-state index in [2.05, 4.69) is 4.90 Å². The first-order valence-electron chi connectivity index (χ1n) is 6.87. The van der Waals surface area contributed by atoms with E-state index < -0.39 is 0 Å². The summed E-state index contributed by atoms with van der Waals surface area (Å²) in [5.41, 5.74) is 0. The van der Waals surface area contributed by atoms with E-state index >= 15 is 0 Å². The topological polar surface area (TPSA) is 21.7 Å². The third-order valence-electron chi connectivity index (χ3n) is 4.36. The van der Waals surface area contributed by atoms with Gasteiger partial charge in [-0.15, -0.1) is 0 Å². The van der Waals surface area contributed by atoms with Gasteiger partial charge in [0.15, 0.2) is 0 Å². The van der Waals surface area contributed by atoms with Crippen molar-refractivity contribution in [1.29, 1.82) is 0 Å². The van der Waals surface area contributed by atoms with Crippen molar-refractivity contribution < 1.29 is 9.47 Å². The van der Waals surface area contributed by atoms with E-state index in [0.717, 1.165) is 32.3 Å². The van der Waals surface area contributed by atoms with Gasteiger partial charge in [0, 0.05) is 25.7 Å². The van der Waals surface area contributed by atoms with Crippen LogP contribution in [0.15, 0.2) is 0 Å². The zero-order valence-corrected chi connectivity index (χ0v) is 10.1. The highest BCUT2D eigenvalue weighted by Crippen LogP contribution is 2.29. The maximum atomic E-state index is 5.90. The SMILES string of the molecule is C1CCC2C(C1)OCCN2CC1CCOC1. The largest absolute Gasteiger partial charge is 0.381 e. The lowest BCUT2D eigenvalue weighted by Gasteiger charge is -2.44. The molecule has 3 aliphatic rings. The van der Waals surface area contributed by atoms with Gasteiger partial charge in [0.25, 0.3) is 0 Å². The van der Waals surface area contributed by atoms with Crippen LogP contribution in [0.25, 0.3) is 0 Å². The van der Waals surface area contributed by atoms with Crippen LogP contribution in [0, 0.1) is 5.92 Å². The Kier molecular flexibility index (Phi) is 3.46. The number of hydrogen-bond donors (Lipinski definition) is 0. The van der Waals surface area contributed by atoms with E-state index in [1.54, 1.807) is 0 Å². The van der Waals surface area contributed by atoms with Crippen molar-refractivity contribution in [3.8, 4) is 0 Å². The summed E-state index contributed by atoms with van der Waals surface area (Å²) >= 11 is 0. The minimum atomic E-state index is 0.532. The molecule has 2 heterocycles. The number of hydrogen-bond acceptors (Lipinski definition) is 3. The molecule has 0 bridgehead atoms. The van der Waals surface area contributed by atoms with Gasteiger partial charge in [-0.25, -0.2) is 0 Å². The third-order valence-corrected chi connectivity index (χ3v) is 4.36. The molecule has 0 amide bonds. The smallest absolute Gasteiger partial charge is 0.0730 e. The average molecular weight is 225 g/mol. The first-order chi connectivity index (χ1) is 7.93. The summed E-state index contributed by atoms with van der Waals surface area (Å²) < 4.78 is 11.4. The van der Waals surface area contributed by atoms with Gasteiger partial charge in [-0.2, -0.15) is 0 Å². The lowest BCUT2D eigenvalue weighted by molar-refractivity contribution is -0.0920. The van der Waals surface area contributed by atoms with Crippen molar-refractivity contribution in [3.63, 3.8) is 0 Å². The predicted octanol–water partition coefficient (Wildman–Crippen LogP) is 1.67. The van der Waals surface area contributed by atoms with Crippen LogP contribution in [0.2, 0.25) is 0 Å². The van der Waals surface area contributed by atoms with E-state index in [1.165, 1.54) is 38.6 Å². The second kappa shape index (κ2) is 5.03. The molecular formula is C13H23NO2. The van der Waals surface area contributed by atoms with Crippen LogP contribution in [-0.4, -0.2) is 50.0 Å². The van der Waals surface area contributed by atoms with Crippen LogP contribution in [0.4, 0.5) is 0 Å². The van der Waals surface area contributed by atoms with Crippen LogP contribution < -0.4 is 0 Å². The van der Waals surface area contributed by atoms with Gasteiger partial charge in [0.2, 0.25) is 0 Å². The summed E-state index contributed by atoms with van der Waals surface area (Å²) in [6.45, 7) is 5.27. The summed E-state index contributed by atoms with van der Waals surface area (Å²) in [5, 5.41) is 0. The molecule has 2 saturated heterocycles. The predicted molar refractivity (Wildman–Crippen MR) is 62.5 cm³/mol. The normalized spacial score (nSPS) is 40.9. The first kappa shape index (κ1) is 11.0. The van der Waals surface area contributed by atoms with Gasteiger partial charge in [-0.3, -0.25) is 4.90 Å². The molecule has 1 saturated carbocycles. The standard InChI is InChI=1S/C13H23NO2/c1-2-4-13-12(3-1)14(6-8-16-13)9-11-5-7-15-10-11/h11-13H,1-10H2. The molecule has 0 aromatic carbocycles. The van der Waals surface area contributed by atoms with E-state index in [9.17, 15) is 0 Å². The summed E-state index contributed by atoms with van der Waals surface area (Å²) in [5.74, 6) is 0.778. The van der Waals surface area contributed by atoms with E-state index in [1.807, 2.05) is 0 Å². The molecule has 0 N–H and O–H groups in total. The Labute approximate surface area is 98.1 Å². The monoisotopic (exact) mass is 225 g/mol. The van der Waals surface area contributed by atoms with Crippen molar-refractivity contribution >= 4 is 0 Å². The van der Waals surface area contributed by atoms with Crippen molar-refractivity contribution in [2.45, 2.75) is 44.2 Å². The lowest BCUT2D eigenvalue weighted by atomic mass is 9.89. The summed E-state index contributed by atoms with van der Waals surface area (Å²) in [4.78, 5) is 2.69. The summed E-state index contributed by atoms with van der Waals surface area (Å²) in [6.07, 6.45) is 7.17. The molecule has 16 heavy (non-hydrogen) atoms. The number of morpholine rings is 1. The number of nitrogens with zero attached hydrogens (tertiary/aromatic N) is 1. The molecule has 0 spiro atoms. The quantitative estimate of drug-likeness (QED) is 0.713. The highest BCUT2D eigenvalue weighted by atomic mass is 16.5. The molecule has 3 nitrogen and oxygen atoms in total. The van der Waals surface area contributed by atoms with Crippen LogP contribution in [0.3, 0.4) is 0 Å². The van der Waals surface area contributed by atoms with Crippen LogP contribution in [-0.2, 0) is 9.47 Å².